The van der Waals surface area contributed by atoms with Crippen molar-refractivity contribution in [2.24, 2.45) is 5.92 Å². The van der Waals surface area contributed by atoms with Crippen LogP contribution in [-0.4, -0.2) is 39.5 Å². The maximum atomic E-state index is 12.3. The van der Waals surface area contributed by atoms with Crippen LogP contribution in [0.2, 0.25) is 0 Å². The molecule has 0 aromatic carbocycles. The van der Waals surface area contributed by atoms with Gasteiger partial charge < -0.3 is 10.0 Å². The van der Waals surface area contributed by atoms with Gasteiger partial charge in [-0.05, 0) is 37.3 Å². The first-order chi connectivity index (χ1) is 10.1. The van der Waals surface area contributed by atoms with Gasteiger partial charge in [-0.2, -0.15) is 0 Å². The summed E-state index contributed by atoms with van der Waals surface area (Å²) in [5, 5.41) is 9.35. The molecule has 2 heterocycles. The number of carbonyl (C=O) groups excluding carboxylic acids is 1. The Morgan fingerprint density at radius 3 is 2.86 bits per heavy atom. The second kappa shape index (κ2) is 7.20. The third-order valence-corrected chi connectivity index (χ3v) is 4.21. The summed E-state index contributed by atoms with van der Waals surface area (Å²) >= 11 is 0. The number of pyridine rings is 1. The lowest BCUT2D eigenvalue weighted by Crippen LogP contribution is -2.50. The number of hydrogen-bond donors (Lipinski definition) is 1. The topological polar surface area (TPSA) is 70.5 Å². The molecule has 21 heavy (non-hydrogen) atoms. The van der Waals surface area contributed by atoms with Crippen LogP contribution in [0.4, 0.5) is 0 Å². The minimum Gasteiger partial charge on any atom is -0.480 e. The van der Waals surface area contributed by atoms with Crippen molar-refractivity contribution >= 4 is 11.9 Å². The molecule has 0 bridgehead atoms. The minimum atomic E-state index is -0.890. The zero-order valence-electron chi connectivity index (χ0n) is 12.4. The molecule has 2 unspecified atom stereocenters. The number of aliphatic carboxylic acids is 1. The van der Waals surface area contributed by atoms with E-state index in [9.17, 15) is 14.7 Å². The molecule has 2 atom stereocenters. The number of hydrogen-bond acceptors (Lipinski definition) is 3. The molecule has 5 nitrogen and oxygen atoms in total. The highest BCUT2D eigenvalue weighted by Gasteiger charge is 2.35. The number of carboxylic acids is 1. The van der Waals surface area contributed by atoms with Crippen molar-refractivity contribution in [2.45, 2.75) is 45.1 Å². The Morgan fingerprint density at radius 2 is 2.24 bits per heavy atom. The molecule has 1 aromatic rings. The molecule has 114 valence electrons. The zero-order chi connectivity index (χ0) is 15.2. The number of aromatic nitrogens is 1. The molecule has 1 N–H and O–H groups in total. The van der Waals surface area contributed by atoms with Crippen LogP contribution in [0.1, 0.15) is 38.3 Å². The molecule has 1 saturated heterocycles. The molecular formula is C16H22N2O3. The van der Waals surface area contributed by atoms with Crippen LogP contribution in [0, 0.1) is 5.92 Å². The van der Waals surface area contributed by atoms with Crippen LogP contribution in [0.15, 0.2) is 24.4 Å². The van der Waals surface area contributed by atoms with E-state index < -0.39 is 12.0 Å². The number of rotatable bonds is 5. The Bertz CT molecular complexity index is 490. The van der Waals surface area contributed by atoms with Gasteiger partial charge in [0, 0.05) is 24.9 Å². The summed E-state index contributed by atoms with van der Waals surface area (Å²) in [6.07, 6.45) is 5.01. The Hall–Kier alpha value is -1.91. The molecular weight excluding hydrogens is 268 g/mol. The summed E-state index contributed by atoms with van der Waals surface area (Å²) in [5.41, 5.74) is 0.862. The van der Waals surface area contributed by atoms with Crippen molar-refractivity contribution in [3.05, 3.63) is 30.1 Å². The van der Waals surface area contributed by atoms with E-state index in [0.29, 0.717) is 31.7 Å². The summed E-state index contributed by atoms with van der Waals surface area (Å²) < 4.78 is 0. The molecule has 1 aliphatic rings. The number of piperidine rings is 1. The van der Waals surface area contributed by atoms with E-state index in [0.717, 1.165) is 18.5 Å². The maximum Gasteiger partial charge on any atom is 0.326 e. The van der Waals surface area contributed by atoms with Crippen LogP contribution in [0.5, 0.6) is 0 Å². The van der Waals surface area contributed by atoms with Gasteiger partial charge in [0.05, 0.1) is 0 Å². The van der Waals surface area contributed by atoms with E-state index in [4.69, 9.17) is 0 Å². The maximum absolute atomic E-state index is 12.3. The van der Waals surface area contributed by atoms with E-state index in [-0.39, 0.29) is 5.91 Å². The summed E-state index contributed by atoms with van der Waals surface area (Å²) in [7, 11) is 0. The quantitative estimate of drug-likeness (QED) is 0.901. The van der Waals surface area contributed by atoms with Crippen molar-refractivity contribution < 1.29 is 14.7 Å². The first-order valence-corrected chi connectivity index (χ1v) is 7.54. The summed E-state index contributed by atoms with van der Waals surface area (Å²) in [6, 6.07) is 4.94. The summed E-state index contributed by atoms with van der Waals surface area (Å²) in [6.45, 7) is 2.62. The molecule has 2 rings (SSSR count). The second-order valence-corrected chi connectivity index (χ2v) is 5.56. The Kier molecular flexibility index (Phi) is 5.31. The van der Waals surface area contributed by atoms with Gasteiger partial charge in [0.25, 0.3) is 0 Å². The highest BCUT2D eigenvalue weighted by atomic mass is 16.4. The van der Waals surface area contributed by atoms with Gasteiger partial charge in [0.1, 0.15) is 6.04 Å². The molecule has 0 spiro atoms. The number of carbonyl (C=O) groups is 2. The van der Waals surface area contributed by atoms with Crippen molar-refractivity contribution in [3.8, 4) is 0 Å². The van der Waals surface area contributed by atoms with Gasteiger partial charge in [-0.1, -0.05) is 19.4 Å². The number of likely N-dealkylation sites (tertiary alicyclic amines) is 1. The van der Waals surface area contributed by atoms with Crippen molar-refractivity contribution in [1.29, 1.82) is 0 Å². The van der Waals surface area contributed by atoms with Crippen molar-refractivity contribution in [1.82, 2.24) is 9.88 Å². The molecule has 0 radical (unpaired) electrons. The number of amides is 1. The highest BCUT2D eigenvalue weighted by molar-refractivity contribution is 5.84. The lowest BCUT2D eigenvalue weighted by atomic mass is 9.88. The fourth-order valence-corrected chi connectivity index (χ4v) is 2.87. The molecule has 0 saturated carbocycles. The Balaban J connectivity index is 1.95. The monoisotopic (exact) mass is 290 g/mol. The van der Waals surface area contributed by atoms with E-state index in [1.807, 2.05) is 18.2 Å². The minimum absolute atomic E-state index is 0.0809. The zero-order valence-corrected chi connectivity index (χ0v) is 12.4. The standard InChI is InChI=1S/C16H22N2O3/c1-2-12-8-10-18(14(11-12)16(20)21)15(19)7-6-13-5-3-4-9-17-13/h3-5,9,12,14H,2,6-8,10-11H2,1H3,(H,20,21). The predicted molar refractivity (Wildman–Crippen MR) is 78.7 cm³/mol. The average molecular weight is 290 g/mol. The number of nitrogens with zero attached hydrogens (tertiary/aromatic N) is 2. The summed E-state index contributed by atoms with van der Waals surface area (Å²) in [5.74, 6) is -0.562. The predicted octanol–water partition coefficient (Wildman–Crippen LogP) is 2.12. The Morgan fingerprint density at radius 1 is 1.43 bits per heavy atom. The van der Waals surface area contributed by atoms with E-state index >= 15 is 0 Å². The van der Waals surface area contributed by atoms with Crippen molar-refractivity contribution in [3.63, 3.8) is 0 Å². The van der Waals surface area contributed by atoms with Gasteiger partial charge in [-0.15, -0.1) is 0 Å². The lowest BCUT2D eigenvalue weighted by molar-refractivity contribution is -0.153. The van der Waals surface area contributed by atoms with Crippen LogP contribution in [-0.2, 0) is 16.0 Å². The fraction of sp³-hybridized carbons (Fsp3) is 0.562. The van der Waals surface area contributed by atoms with Crippen LogP contribution >= 0.6 is 0 Å². The van der Waals surface area contributed by atoms with Gasteiger partial charge in [0.2, 0.25) is 5.91 Å². The Labute approximate surface area is 125 Å². The van der Waals surface area contributed by atoms with Gasteiger partial charge in [0.15, 0.2) is 0 Å². The van der Waals surface area contributed by atoms with Gasteiger partial charge >= 0.3 is 5.97 Å². The SMILES string of the molecule is CCC1CCN(C(=O)CCc2ccccn2)C(C(=O)O)C1. The second-order valence-electron chi connectivity index (χ2n) is 5.56. The first-order valence-electron chi connectivity index (χ1n) is 7.54. The molecule has 1 fully saturated rings. The van der Waals surface area contributed by atoms with Crippen molar-refractivity contribution in [2.75, 3.05) is 6.54 Å². The fourth-order valence-electron chi connectivity index (χ4n) is 2.87. The molecule has 1 aliphatic heterocycles. The van der Waals surface area contributed by atoms with E-state index in [2.05, 4.69) is 11.9 Å². The summed E-state index contributed by atoms with van der Waals surface area (Å²) in [4.78, 5) is 29.4. The largest absolute Gasteiger partial charge is 0.480 e. The third kappa shape index (κ3) is 4.03. The van der Waals surface area contributed by atoms with Crippen LogP contribution in [0.25, 0.3) is 0 Å². The first kappa shape index (κ1) is 15.5. The molecule has 1 amide bonds. The lowest BCUT2D eigenvalue weighted by Gasteiger charge is -2.37. The van der Waals surface area contributed by atoms with E-state index in [1.54, 1.807) is 6.20 Å². The molecule has 0 aliphatic carbocycles. The smallest absolute Gasteiger partial charge is 0.326 e. The van der Waals surface area contributed by atoms with Gasteiger partial charge in [-0.3, -0.25) is 9.78 Å². The number of aryl methyl sites for hydroxylation is 1. The average Bonchev–Trinajstić information content (AvgIpc) is 2.52. The van der Waals surface area contributed by atoms with Crippen LogP contribution < -0.4 is 0 Å². The molecule has 1 aromatic heterocycles. The third-order valence-electron chi connectivity index (χ3n) is 4.21. The normalized spacial score (nSPS) is 22.0. The highest BCUT2D eigenvalue weighted by Crippen LogP contribution is 2.26. The van der Waals surface area contributed by atoms with Gasteiger partial charge in [-0.25, -0.2) is 4.79 Å². The molecule has 5 heteroatoms. The van der Waals surface area contributed by atoms with Crippen LogP contribution in [0.3, 0.4) is 0 Å². The number of carboxylic acid groups (broad SMARTS) is 1. The van der Waals surface area contributed by atoms with E-state index in [1.165, 1.54) is 4.90 Å².